The number of aliphatic carboxylic acids is 1. The topological polar surface area (TPSA) is 105 Å². The van der Waals surface area contributed by atoms with Gasteiger partial charge in [0.25, 0.3) is 0 Å². The number of carboxylic acids is 1. The molecule has 53 heavy (non-hydrogen) atoms. The lowest BCUT2D eigenvalue weighted by Gasteiger charge is -2.43. The number of carboxylic acid groups (broad SMARTS) is 1. The summed E-state index contributed by atoms with van der Waals surface area (Å²) in [5, 5.41) is 13.5. The Morgan fingerprint density at radius 3 is 2.38 bits per heavy atom. The Morgan fingerprint density at radius 1 is 1.13 bits per heavy atom. The quantitative estimate of drug-likeness (QED) is 0.0363. The van der Waals surface area contributed by atoms with Gasteiger partial charge in [0.05, 0.1) is 54.8 Å². The van der Waals surface area contributed by atoms with E-state index in [-0.39, 0.29) is 40.5 Å². The van der Waals surface area contributed by atoms with Crippen molar-refractivity contribution in [1.29, 1.82) is 0 Å². The average molecular weight is 817 g/mol. The first-order valence-electron chi connectivity index (χ1n) is 18.4. The van der Waals surface area contributed by atoms with Crippen LogP contribution in [0.4, 0.5) is 5.69 Å². The lowest BCUT2D eigenvalue weighted by molar-refractivity contribution is -0.138. The molecule has 1 aliphatic rings. The van der Waals surface area contributed by atoms with E-state index in [2.05, 4.69) is 77.3 Å². The van der Waals surface area contributed by atoms with Gasteiger partial charge in [0.1, 0.15) is 17.6 Å². The molecule has 0 amide bonds. The van der Waals surface area contributed by atoms with Gasteiger partial charge in [-0.2, -0.15) is 0 Å². The number of benzene rings is 1. The summed E-state index contributed by atoms with van der Waals surface area (Å²) >= 11 is 10.3. The molecule has 1 aromatic carbocycles. The Morgan fingerprint density at radius 2 is 1.81 bits per heavy atom. The zero-order chi connectivity index (χ0) is 39.8. The van der Waals surface area contributed by atoms with Crippen LogP contribution in [0, 0.1) is 5.92 Å². The first kappa shape index (κ1) is 47.7. The Labute approximate surface area is 334 Å². The smallest absolute Gasteiger partial charge is 0.306 e. The molecule has 0 aliphatic carbocycles. The SMILES string of the molecule is CNc1cc(C/C(C)=C/C=C/[C@@H](OC)C2(C[C@H](OCOCCOC)[C@@H](C)/C=C(\C)[C@H](CC(=O)O)O[Si](C)(C)C(C)(C)C)SCCCS2)cc(OC)c1Cl. The second-order valence-corrected chi connectivity index (χ2v) is 23.4. The second kappa shape index (κ2) is 22.9. The minimum atomic E-state index is -2.25. The van der Waals surface area contributed by atoms with Gasteiger partial charge in [-0.25, -0.2) is 0 Å². The number of anilines is 1. The molecule has 13 heteroatoms. The zero-order valence-electron chi connectivity index (χ0n) is 34.1. The van der Waals surface area contributed by atoms with Crippen LogP contribution in [0.25, 0.3) is 0 Å². The molecule has 1 fully saturated rings. The minimum absolute atomic E-state index is 0.0570. The molecule has 1 aliphatic heterocycles. The number of ether oxygens (including phenoxy) is 5. The van der Waals surface area contributed by atoms with Crippen LogP contribution in [0.2, 0.25) is 23.2 Å². The van der Waals surface area contributed by atoms with E-state index in [0.717, 1.165) is 41.2 Å². The predicted molar refractivity (Wildman–Crippen MR) is 227 cm³/mol. The molecule has 2 N–H and O–H groups in total. The molecule has 0 spiro atoms. The molecule has 0 unspecified atom stereocenters. The van der Waals surface area contributed by atoms with E-state index in [1.165, 1.54) is 5.57 Å². The number of hydrogen-bond donors (Lipinski definition) is 2. The van der Waals surface area contributed by atoms with Crippen molar-refractivity contribution in [3.63, 3.8) is 0 Å². The molecule has 0 radical (unpaired) electrons. The van der Waals surface area contributed by atoms with Gasteiger partial charge < -0.3 is 38.5 Å². The fourth-order valence-electron chi connectivity index (χ4n) is 5.81. The molecule has 2 rings (SSSR count). The van der Waals surface area contributed by atoms with Gasteiger partial charge in [0.2, 0.25) is 0 Å². The highest BCUT2D eigenvalue weighted by atomic mass is 35.5. The second-order valence-electron chi connectivity index (χ2n) is 15.2. The van der Waals surface area contributed by atoms with Crippen molar-refractivity contribution in [2.45, 2.75) is 108 Å². The van der Waals surface area contributed by atoms with E-state index < -0.39 is 20.4 Å². The summed E-state index contributed by atoms with van der Waals surface area (Å²) in [6, 6.07) is 4.03. The number of hydrogen-bond acceptors (Lipinski definition) is 10. The molecule has 1 heterocycles. The van der Waals surface area contributed by atoms with Crippen LogP contribution in [-0.4, -0.2) is 102 Å². The van der Waals surface area contributed by atoms with Crippen LogP contribution in [0.5, 0.6) is 5.75 Å². The Balaban J connectivity index is 2.42. The maximum absolute atomic E-state index is 12.0. The average Bonchev–Trinajstić information content (AvgIpc) is 3.09. The van der Waals surface area contributed by atoms with Crippen molar-refractivity contribution < 1.29 is 38.0 Å². The number of allylic oxidation sites excluding steroid dienone is 3. The Hall–Kier alpha value is -1.48. The summed E-state index contributed by atoms with van der Waals surface area (Å²) in [7, 11) is 4.64. The van der Waals surface area contributed by atoms with E-state index in [0.29, 0.717) is 30.4 Å². The van der Waals surface area contributed by atoms with Crippen molar-refractivity contribution >= 4 is 55.1 Å². The molecule has 9 nitrogen and oxygen atoms in total. The van der Waals surface area contributed by atoms with Crippen molar-refractivity contribution in [3.05, 3.63) is 58.2 Å². The Kier molecular flexibility index (Phi) is 20.6. The molecule has 4 atom stereocenters. The normalized spacial score (nSPS) is 18.1. The van der Waals surface area contributed by atoms with Crippen LogP contribution in [0.3, 0.4) is 0 Å². The molecular formula is C40H66ClNO8S2Si. The monoisotopic (exact) mass is 815 g/mol. The number of methoxy groups -OCH3 is 3. The van der Waals surface area contributed by atoms with Gasteiger partial charge in [0.15, 0.2) is 8.32 Å². The molecule has 0 aromatic heterocycles. The summed E-state index contributed by atoms with van der Waals surface area (Å²) in [5.41, 5.74) is 4.01. The summed E-state index contributed by atoms with van der Waals surface area (Å²) in [6.45, 7) is 18.1. The van der Waals surface area contributed by atoms with E-state index in [1.807, 2.05) is 49.6 Å². The van der Waals surface area contributed by atoms with E-state index in [1.54, 1.807) is 21.3 Å². The first-order chi connectivity index (χ1) is 24.9. The number of carbonyl (C=O) groups is 1. The Bertz CT molecular complexity index is 1350. The third-order valence-corrected chi connectivity index (χ3v) is 18.3. The lowest BCUT2D eigenvalue weighted by Crippen LogP contribution is -2.45. The lowest BCUT2D eigenvalue weighted by atomic mass is 9.94. The largest absolute Gasteiger partial charge is 0.495 e. The number of nitrogens with one attached hydrogen (secondary N) is 1. The van der Waals surface area contributed by atoms with Crippen molar-refractivity contribution in [3.8, 4) is 5.75 Å². The van der Waals surface area contributed by atoms with Gasteiger partial charge in [-0.3, -0.25) is 4.79 Å². The molecule has 0 bridgehead atoms. The summed E-state index contributed by atoms with van der Waals surface area (Å²) in [4.78, 5) is 12.0. The predicted octanol–water partition coefficient (Wildman–Crippen LogP) is 9.86. The van der Waals surface area contributed by atoms with Gasteiger partial charge >= 0.3 is 5.97 Å². The van der Waals surface area contributed by atoms with Gasteiger partial charge in [-0.1, -0.05) is 69.2 Å². The van der Waals surface area contributed by atoms with Crippen molar-refractivity contribution in [2.75, 3.05) is 65.2 Å². The number of rotatable bonds is 23. The van der Waals surface area contributed by atoms with Gasteiger partial charge in [-0.05, 0) is 79.6 Å². The highest BCUT2D eigenvalue weighted by Gasteiger charge is 2.44. The van der Waals surface area contributed by atoms with E-state index >= 15 is 0 Å². The number of thioether (sulfide) groups is 2. The molecular weight excluding hydrogens is 750 g/mol. The summed E-state index contributed by atoms with van der Waals surface area (Å²) in [5.74, 6) is 1.73. The van der Waals surface area contributed by atoms with Crippen molar-refractivity contribution in [1.82, 2.24) is 0 Å². The highest BCUT2D eigenvalue weighted by molar-refractivity contribution is 8.18. The summed E-state index contributed by atoms with van der Waals surface area (Å²) < 4.78 is 35.6. The van der Waals surface area contributed by atoms with Crippen LogP contribution in [0.1, 0.15) is 66.4 Å². The van der Waals surface area contributed by atoms with Crippen molar-refractivity contribution in [2.24, 2.45) is 5.92 Å². The molecule has 1 saturated heterocycles. The maximum Gasteiger partial charge on any atom is 0.306 e. The van der Waals surface area contributed by atoms with Crippen LogP contribution < -0.4 is 10.1 Å². The zero-order valence-corrected chi connectivity index (χ0v) is 37.5. The standard InChI is InChI=1S/C40H66ClNO8S2Si/c1-28(21-31-23-32(42-7)38(41)34(24-31)46-9)15-13-16-36(47-10)40(51-19-14-20-52-40)26-35(49-27-48-18-17-45-8)30(3)22-29(2)33(25-37(43)44)50-53(11,12)39(4,5)6/h13,15-16,22-24,30,33,35-36,42H,14,17-21,25-27H2,1-12H3,(H,43,44)/b16-13+,28-15+,29-22+/t30-,33-,35-,36+/m0/s1. The third kappa shape index (κ3) is 15.2. The maximum atomic E-state index is 12.0. The van der Waals surface area contributed by atoms with E-state index in [9.17, 15) is 9.90 Å². The fourth-order valence-corrected chi connectivity index (χ4v) is 11.0. The fraction of sp³-hybridized carbons (Fsp3) is 0.675. The van der Waals surface area contributed by atoms with E-state index in [4.69, 9.17) is 39.7 Å². The summed E-state index contributed by atoms with van der Waals surface area (Å²) in [6.07, 6.45) is 10.0. The number of halogens is 1. The third-order valence-electron chi connectivity index (χ3n) is 9.91. The van der Waals surface area contributed by atoms with Crippen LogP contribution >= 0.6 is 35.1 Å². The molecule has 1 aromatic rings. The minimum Gasteiger partial charge on any atom is -0.495 e. The molecule has 0 saturated carbocycles. The first-order valence-corrected chi connectivity index (χ1v) is 23.6. The highest BCUT2D eigenvalue weighted by Crippen LogP contribution is 2.50. The van der Waals surface area contributed by atoms with Gasteiger partial charge in [0, 0.05) is 33.6 Å². The van der Waals surface area contributed by atoms with Gasteiger partial charge in [-0.15, -0.1) is 23.5 Å². The van der Waals surface area contributed by atoms with Crippen LogP contribution in [0.15, 0.2) is 47.6 Å². The van der Waals surface area contributed by atoms with Crippen LogP contribution in [-0.2, 0) is 34.6 Å². The molecule has 302 valence electrons.